The molecule has 2 amide bonds. The number of carbonyl (C=O) groups is 2. The van der Waals surface area contributed by atoms with E-state index in [2.05, 4.69) is 15.3 Å². The second kappa shape index (κ2) is 7.56. The van der Waals surface area contributed by atoms with Crippen LogP contribution in [0.5, 0.6) is 0 Å². The highest BCUT2D eigenvalue weighted by atomic mass is 16.4. The first-order chi connectivity index (χ1) is 13.6. The van der Waals surface area contributed by atoms with Gasteiger partial charge in [0.15, 0.2) is 0 Å². The van der Waals surface area contributed by atoms with Crippen molar-refractivity contribution in [2.45, 2.75) is 12.8 Å². The Labute approximate surface area is 161 Å². The van der Waals surface area contributed by atoms with E-state index in [1.807, 2.05) is 12.1 Å². The fraction of sp³-hybridized carbons (Fsp3) is 0.190. The van der Waals surface area contributed by atoms with Gasteiger partial charge in [0.1, 0.15) is 11.5 Å². The minimum Gasteiger partial charge on any atom is -0.478 e. The second-order valence-corrected chi connectivity index (χ2v) is 6.69. The quantitative estimate of drug-likeness (QED) is 0.603. The van der Waals surface area contributed by atoms with Gasteiger partial charge in [-0.2, -0.15) is 0 Å². The Bertz CT molecular complexity index is 1050. The molecule has 0 unspecified atom stereocenters. The highest BCUT2D eigenvalue weighted by Crippen LogP contribution is 2.25. The SMILES string of the molecule is O=C(O)C(=Cc1c[nH]c2nc(NC(=O)N3CCCC3)ccc12)c1ccccc1. The third-order valence-electron chi connectivity index (χ3n) is 4.81. The third-order valence-corrected chi connectivity index (χ3v) is 4.81. The summed E-state index contributed by atoms with van der Waals surface area (Å²) < 4.78 is 0. The van der Waals surface area contributed by atoms with Crippen molar-refractivity contribution in [2.24, 2.45) is 0 Å². The molecule has 1 saturated heterocycles. The van der Waals surface area contributed by atoms with Gasteiger partial charge in [-0.05, 0) is 36.6 Å². The van der Waals surface area contributed by atoms with E-state index in [0.29, 0.717) is 17.0 Å². The number of aromatic nitrogens is 2. The minimum absolute atomic E-state index is 0.145. The summed E-state index contributed by atoms with van der Waals surface area (Å²) in [6, 6.07) is 12.4. The van der Waals surface area contributed by atoms with Crippen LogP contribution in [0.2, 0.25) is 0 Å². The van der Waals surface area contributed by atoms with Crippen LogP contribution in [-0.4, -0.2) is 45.1 Å². The number of benzene rings is 1. The number of hydrogen-bond acceptors (Lipinski definition) is 3. The molecule has 1 fully saturated rings. The molecule has 1 aliphatic heterocycles. The van der Waals surface area contributed by atoms with Crippen LogP contribution in [-0.2, 0) is 4.79 Å². The van der Waals surface area contributed by atoms with Crippen molar-refractivity contribution in [3.8, 4) is 0 Å². The van der Waals surface area contributed by atoms with Crippen LogP contribution in [0.4, 0.5) is 10.6 Å². The van der Waals surface area contributed by atoms with Crippen molar-refractivity contribution < 1.29 is 14.7 Å². The fourth-order valence-electron chi connectivity index (χ4n) is 3.37. The molecule has 7 nitrogen and oxygen atoms in total. The number of carbonyl (C=O) groups excluding carboxylic acids is 1. The summed E-state index contributed by atoms with van der Waals surface area (Å²) in [6.07, 6.45) is 5.40. The second-order valence-electron chi connectivity index (χ2n) is 6.69. The van der Waals surface area contributed by atoms with Crippen molar-refractivity contribution in [1.29, 1.82) is 0 Å². The molecule has 4 rings (SSSR count). The zero-order chi connectivity index (χ0) is 19.5. The molecular formula is C21H20N4O3. The molecule has 7 heteroatoms. The molecular weight excluding hydrogens is 356 g/mol. The van der Waals surface area contributed by atoms with Crippen molar-refractivity contribution >= 4 is 40.5 Å². The normalized spacial score (nSPS) is 14.4. The summed E-state index contributed by atoms with van der Waals surface area (Å²) in [5.74, 6) is -0.536. The lowest BCUT2D eigenvalue weighted by atomic mass is 10.0. The molecule has 3 N–H and O–H groups in total. The Hall–Kier alpha value is -3.61. The number of urea groups is 1. The number of nitrogens with zero attached hydrogens (tertiary/aromatic N) is 2. The Morgan fingerprint density at radius 2 is 1.86 bits per heavy atom. The number of carboxylic acids is 1. The van der Waals surface area contributed by atoms with Crippen molar-refractivity contribution in [3.05, 3.63) is 59.8 Å². The molecule has 0 spiro atoms. The summed E-state index contributed by atoms with van der Waals surface area (Å²) >= 11 is 0. The van der Waals surface area contributed by atoms with Gasteiger partial charge in [-0.1, -0.05) is 30.3 Å². The molecule has 0 bridgehead atoms. The van der Waals surface area contributed by atoms with Crippen LogP contribution in [0.1, 0.15) is 24.0 Å². The number of anilines is 1. The standard InChI is InChI=1S/C21H20N4O3/c26-20(27)17(14-6-2-1-3-7-14)12-15-13-22-19-16(15)8-9-18(23-19)24-21(28)25-10-4-5-11-25/h1-3,6-9,12-13H,4-5,10-11H2,(H,26,27)(H2,22,23,24,28). The van der Waals surface area contributed by atoms with Gasteiger partial charge in [0.2, 0.25) is 0 Å². The van der Waals surface area contributed by atoms with E-state index in [9.17, 15) is 14.7 Å². The van der Waals surface area contributed by atoms with Gasteiger partial charge in [-0.3, -0.25) is 5.32 Å². The maximum absolute atomic E-state index is 12.2. The van der Waals surface area contributed by atoms with E-state index >= 15 is 0 Å². The molecule has 0 aliphatic carbocycles. The first-order valence-electron chi connectivity index (χ1n) is 9.16. The van der Waals surface area contributed by atoms with Gasteiger partial charge < -0.3 is 15.0 Å². The zero-order valence-corrected chi connectivity index (χ0v) is 15.2. The van der Waals surface area contributed by atoms with Crippen LogP contribution in [0.25, 0.3) is 22.7 Å². The Morgan fingerprint density at radius 3 is 2.57 bits per heavy atom. The summed E-state index contributed by atoms with van der Waals surface area (Å²) in [4.78, 5) is 33.2. The van der Waals surface area contributed by atoms with Gasteiger partial charge in [-0.15, -0.1) is 0 Å². The lowest BCUT2D eigenvalue weighted by Crippen LogP contribution is -2.32. The predicted molar refractivity (Wildman–Crippen MR) is 108 cm³/mol. The molecule has 2 aromatic heterocycles. The molecule has 0 radical (unpaired) electrons. The Kier molecular flexibility index (Phi) is 4.80. The summed E-state index contributed by atoms with van der Waals surface area (Å²) in [7, 11) is 0. The van der Waals surface area contributed by atoms with Gasteiger partial charge in [-0.25, -0.2) is 14.6 Å². The van der Waals surface area contributed by atoms with E-state index in [0.717, 1.165) is 36.9 Å². The van der Waals surface area contributed by atoms with Crippen molar-refractivity contribution in [3.63, 3.8) is 0 Å². The number of likely N-dealkylation sites (tertiary alicyclic amines) is 1. The Morgan fingerprint density at radius 1 is 1.11 bits per heavy atom. The number of amides is 2. The number of H-pyrrole nitrogens is 1. The van der Waals surface area contributed by atoms with Crippen LogP contribution >= 0.6 is 0 Å². The molecule has 1 aromatic carbocycles. The van der Waals surface area contributed by atoms with E-state index in [1.165, 1.54) is 0 Å². The minimum atomic E-state index is -0.997. The molecule has 3 aromatic rings. The number of carboxylic acid groups (broad SMARTS) is 1. The number of aliphatic carboxylic acids is 1. The largest absolute Gasteiger partial charge is 0.478 e. The van der Waals surface area contributed by atoms with E-state index < -0.39 is 5.97 Å². The average molecular weight is 376 g/mol. The number of aromatic amines is 1. The maximum atomic E-state index is 12.2. The van der Waals surface area contributed by atoms with Crippen LogP contribution in [0.15, 0.2) is 48.7 Å². The lowest BCUT2D eigenvalue weighted by Gasteiger charge is -2.15. The van der Waals surface area contributed by atoms with E-state index in [-0.39, 0.29) is 11.6 Å². The van der Waals surface area contributed by atoms with E-state index in [1.54, 1.807) is 47.5 Å². The number of hydrogen-bond donors (Lipinski definition) is 3. The van der Waals surface area contributed by atoms with Crippen LogP contribution < -0.4 is 5.32 Å². The molecule has 0 atom stereocenters. The monoisotopic (exact) mass is 376 g/mol. The summed E-state index contributed by atoms with van der Waals surface area (Å²) in [5.41, 5.74) is 2.14. The number of fused-ring (bicyclic) bond motifs is 1. The number of pyridine rings is 1. The first kappa shape index (κ1) is 17.8. The third kappa shape index (κ3) is 3.59. The zero-order valence-electron chi connectivity index (χ0n) is 15.2. The number of rotatable bonds is 4. The summed E-state index contributed by atoms with van der Waals surface area (Å²) in [6.45, 7) is 1.53. The Balaban J connectivity index is 1.62. The van der Waals surface area contributed by atoms with Crippen molar-refractivity contribution in [2.75, 3.05) is 18.4 Å². The summed E-state index contributed by atoms with van der Waals surface area (Å²) in [5, 5.41) is 13.2. The van der Waals surface area contributed by atoms with Crippen molar-refractivity contribution in [1.82, 2.24) is 14.9 Å². The molecule has 28 heavy (non-hydrogen) atoms. The fourth-order valence-corrected chi connectivity index (χ4v) is 3.37. The first-order valence-corrected chi connectivity index (χ1v) is 9.16. The molecule has 0 saturated carbocycles. The van der Waals surface area contributed by atoms with E-state index in [4.69, 9.17) is 0 Å². The smallest absolute Gasteiger partial charge is 0.336 e. The molecule has 1 aliphatic rings. The van der Waals surface area contributed by atoms with Gasteiger partial charge >= 0.3 is 12.0 Å². The molecule has 3 heterocycles. The maximum Gasteiger partial charge on any atom is 0.336 e. The van der Waals surface area contributed by atoms with Gasteiger partial charge in [0, 0.05) is 30.2 Å². The highest BCUT2D eigenvalue weighted by molar-refractivity contribution is 6.21. The van der Waals surface area contributed by atoms with Crippen LogP contribution in [0.3, 0.4) is 0 Å². The van der Waals surface area contributed by atoms with Crippen LogP contribution in [0, 0.1) is 0 Å². The van der Waals surface area contributed by atoms with Gasteiger partial charge in [0.25, 0.3) is 0 Å². The highest BCUT2D eigenvalue weighted by Gasteiger charge is 2.18. The molecule has 142 valence electrons. The van der Waals surface area contributed by atoms with Gasteiger partial charge in [0.05, 0.1) is 5.57 Å². The topological polar surface area (TPSA) is 98.3 Å². The predicted octanol–water partition coefficient (Wildman–Crippen LogP) is 3.82. The number of nitrogens with one attached hydrogen (secondary N) is 2. The lowest BCUT2D eigenvalue weighted by molar-refractivity contribution is -0.130. The average Bonchev–Trinajstić information content (AvgIpc) is 3.36.